The summed E-state index contributed by atoms with van der Waals surface area (Å²) in [6.45, 7) is 7.53. The molecule has 0 N–H and O–H groups in total. The van der Waals surface area contributed by atoms with Gasteiger partial charge in [0.05, 0.1) is 17.0 Å². The summed E-state index contributed by atoms with van der Waals surface area (Å²) < 4.78 is 40.4. The van der Waals surface area contributed by atoms with Gasteiger partial charge in [-0.3, -0.25) is 9.59 Å². The minimum absolute atomic E-state index is 0.0300. The van der Waals surface area contributed by atoms with Gasteiger partial charge in [-0.05, 0) is 43.4 Å². The molecule has 1 amide bonds. The highest BCUT2D eigenvalue weighted by Crippen LogP contribution is 2.28. The minimum atomic E-state index is -3.77. The lowest BCUT2D eigenvalue weighted by Crippen LogP contribution is -2.42. The molecule has 1 aromatic carbocycles. The van der Waals surface area contributed by atoms with Crippen molar-refractivity contribution in [2.75, 3.05) is 40.9 Å². The highest BCUT2D eigenvalue weighted by molar-refractivity contribution is 7.89. The van der Waals surface area contributed by atoms with Crippen molar-refractivity contribution in [3.05, 3.63) is 40.2 Å². The van der Waals surface area contributed by atoms with Crippen molar-refractivity contribution < 1.29 is 22.7 Å². The molecule has 1 fully saturated rings. The number of amides is 1. The molecule has 0 bridgehead atoms. The Labute approximate surface area is 201 Å². The molecule has 2 aromatic rings. The van der Waals surface area contributed by atoms with Crippen LogP contribution in [-0.4, -0.2) is 75.3 Å². The number of nitrogens with zero attached hydrogens (tertiary/aromatic N) is 3. The van der Waals surface area contributed by atoms with Gasteiger partial charge >= 0.3 is 0 Å². The van der Waals surface area contributed by atoms with Crippen molar-refractivity contribution in [3.63, 3.8) is 0 Å². The van der Waals surface area contributed by atoms with Gasteiger partial charge in [-0.15, -0.1) is 0 Å². The number of fused-ring (bicyclic) bond motifs is 1. The Kier molecular flexibility index (Phi) is 8.18. The Hall–Kier alpha value is -2.27. The first kappa shape index (κ1) is 26.3. The highest BCUT2D eigenvalue weighted by atomic mass is 32.2. The van der Waals surface area contributed by atoms with E-state index in [2.05, 4.69) is 0 Å². The lowest BCUT2D eigenvalue weighted by atomic mass is 9.94. The first-order valence-electron chi connectivity index (χ1n) is 11.5. The fraction of sp³-hybridized carbons (Fsp3) is 0.583. The number of aryl methyl sites for hydroxylation is 1. The number of methoxy groups -OCH3 is 2. The summed E-state index contributed by atoms with van der Waals surface area (Å²) in [4.78, 5) is 27.9. The van der Waals surface area contributed by atoms with Crippen LogP contribution < -0.4 is 5.43 Å². The van der Waals surface area contributed by atoms with E-state index in [1.807, 2.05) is 20.8 Å². The maximum absolute atomic E-state index is 13.4. The van der Waals surface area contributed by atoms with Gasteiger partial charge in [0.2, 0.25) is 15.5 Å². The van der Waals surface area contributed by atoms with Crippen LogP contribution >= 0.6 is 0 Å². The summed E-state index contributed by atoms with van der Waals surface area (Å²) in [5, 5.41) is 0.204. The molecule has 1 aromatic heterocycles. The number of sulfonamides is 1. The van der Waals surface area contributed by atoms with E-state index >= 15 is 0 Å². The van der Waals surface area contributed by atoms with Gasteiger partial charge < -0.3 is 18.9 Å². The molecule has 0 saturated carbocycles. The van der Waals surface area contributed by atoms with Gasteiger partial charge in [-0.1, -0.05) is 13.8 Å². The smallest absolute Gasteiger partial charge is 0.259 e. The molecule has 0 radical (unpaired) electrons. The second-order valence-electron chi connectivity index (χ2n) is 9.19. The number of carbonyl (C=O) groups excluding carboxylic acids is 1. The third-order valence-electron chi connectivity index (χ3n) is 6.39. The third-order valence-corrected chi connectivity index (χ3v) is 8.22. The zero-order valence-electron chi connectivity index (χ0n) is 20.8. The zero-order valence-corrected chi connectivity index (χ0v) is 21.6. The maximum atomic E-state index is 13.4. The molecule has 9 nitrogen and oxygen atoms in total. The topological polar surface area (TPSA) is 98.1 Å². The molecule has 1 aliphatic heterocycles. The molecule has 1 aliphatic rings. The Bertz CT molecular complexity index is 1200. The highest BCUT2D eigenvalue weighted by Gasteiger charge is 2.32. The summed E-state index contributed by atoms with van der Waals surface area (Å²) in [6, 6.07) is 4.60. The molecule has 0 spiro atoms. The van der Waals surface area contributed by atoms with Crippen LogP contribution in [0.5, 0.6) is 0 Å². The summed E-state index contributed by atoms with van der Waals surface area (Å²) in [6.07, 6.45) is 1.88. The summed E-state index contributed by atoms with van der Waals surface area (Å²) in [5.41, 5.74) is 0.0515. The first-order valence-corrected chi connectivity index (χ1v) is 13.0. The largest absolute Gasteiger partial charge is 0.354 e. The number of carbonyl (C=O) groups is 1. The first-order chi connectivity index (χ1) is 16.0. The number of hydrogen-bond acceptors (Lipinski definition) is 6. The summed E-state index contributed by atoms with van der Waals surface area (Å²) in [5.74, 6) is 0.0401. The van der Waals surface area contributed by atoms with Crippen LogP contribution in [0, 0.1) is 11.8 Å². The Morgan fingerprint density at radius 3 is 2.35 bits per heavy atom. The molecule has 1 saturated heterocycles. The molecule has 10 heteroatoms. The summed E-state index contributed by atoms with van der Waals surface area (Å²) in [7, 11) is 0.733. The van der Waals surface area contributed by atoms with Crippen LogP contribution in [0.3, 0.4) is 0 Å². The fourth-order valence-electron chi connectivity index (χ4n) is 4.66. The van der Waals surface area contributed by atoms with Crippen LogP contribution in [0.2, 0.25) is 0 Å². The molecule has 0 unspecified atom stereocenters. The SMILES string of the molecule is CCn1cc(C(=O)N(C)CC(OC)OC)c(=O)c2cc(S(=O)(=O)N3C[C@H](C)C[C@@H](C)C3)ccc21. The number of pyridine rings is 1. The normalized spacial score (nSPS) is 19.6. The maximum Gasteiger partial charge on any atom is 0.259 e. The number of likely N-dealkylation sites (N-methyl/N-ethyl adjacent to an activating group) is 1. The number of hydrogen-bond donors (Lipinski definition) is 0. The van der Waals surface area contributed by atoms with Gasteiger partial charge in [-0.25, -0.2) is 8.42 Å². The molecule has 3 rings (SSSR count). The Morgan fingerprint density at radius 1 is 1.18 bits per heavy atom. The molecule has 34 heavy (non-hydrogen) atoms. The number of rotatable bonds is 8. The van der Waals surface area contributed by atoms with Gasteiger partial charge in [0.15, 0.2) is 6.29 Å². The van der Waals surface area contributed by atoms with E-state index in [1.54, 1.807) is 23.7 Å². The van der Waals surface area contributed by atoms with Crippen LogP contribution in [0.25, 0.3) is 10.9 Å². The van der Waals surface area contributed by atoms with Crippen molar-refractivity contribution in [2.24, 2.45) is 11.8 Å². The van der Waals surface area contributed by atoms with Crippen molar-refractivity contribution >= 4 is 26.8 Å². The van der Waals surface area contributed by atoms with E-state index in [-0.39, 0.29) is 34.2 Å². The second-order valence-corrected chi connectivity index (χ2v) is 11.1. The van der Waals surface area contributed by atoms with Crippen LogP contribution in [0.4, 0.5) is 0 Å². The van der Waals surface area contributed by atoms with E-state index in [0.29, 0.717) is 25.2 Å². The van der Waals surface area contributed by atoms with E-state index in [1.165, 1.54) is 35.7 Å². The molecule has 2 atom stereocenters. The lowest BCUT2D eigenvalue weighted by molar-refractivity contribution is -0.110. The van der Waals surface area contributed by atoms with Crippen molar-refractivity contribution in [3.8, 4) is 0 Å². The Balaban J connectivity index is 2.07. The van der Waals surface area contributed by atoms with Gasteiger partial charge in [-0.2, -0.15) is 4.31 Å². The average Bonchev–Trinajstić information content (AvgIpc) is 2.81. The van der Waals surface area contributed by atoms with Crippen LogP contribution in [0.15, 0.2) is 34.1 Å². The molecule has 2 heterocycles. The molecular formula is C24H35N3O6S. The molecule has 0 aliphatic carbocycles. The monoisotopic (exact) mass is 493 g/mol. The average molecular weight is 494 g/mol. The standard InChI is InChI=1S/C24H35N3O6S/c1-7-26-14-20(24(29)25(4)15-22(32-5)33-6)23(28)19-11-18(8-9-21(19)26)34(30,31)27-12-16(2)10-17(3)13-27/h8-9,11,14,16-17,22H,7,10,12-13,15H2,1-6H3/t16-,17-/m1/s1. The number of aromatic nitrogens is 1. The second kappa shape index (κ2) is 10.6. The van der Waals surface area contributed by atoms with E-state index in [0.717, 1.165) is 6.42 Å². The fourth-order valence-corrected chi connectivity index (χ4v) is 6.37. The number of piperidine rings is 1. The van der Waals surface area contributed by atoms with Crippen LogP contribution in [0.1, 0.15) is 37.6 Å². The van der Waals surface area contributed by atoms with E-state index < -0.39 is 27.6 Å². The van der Waals surface area contributed by atoms with Gasteiger partial charge in [0, 0.05) is 52.5 Å². The van der Waals surface area contributed by atoms with Crippen molar-refractivity contribution in [1.82, 2.24) is 13.8 Å². The predicted molar refractivity (Wildman–Crippen MR) is 130 cm³/mol. The number of ether oxygens (including phenoxy) is 2. The van der Waals surface area contributed by atoms with Crippen LogP contribution in [-0.2, 0) is 26.0 Å². The minimum Gasteiger partial charge on any atom is -0.354 e. The van der Waals surface area contributed by atoms with Gasteiger partial charge in [0.25, 0.3) is 5.91 Å². The molecule has 188 valence electrons. The summed E-state index contributed by atoms with van der Waals surface area (Å²) >= 11 is 0. The quantitative estimate of drug-likeness (QED) is 0.524. The number of benzene rings is 1. The van der Waals surface area contributed by atoms with E-state index in [4.69, 9.17) is 9.47 Å². The van der Waals surface area contributed by atoms with Gasteiger partial charge in [0.1, 0.15) is 5.56 Å². The zero-order chi connectivity index (χ0) is 25.2. The van der Waals surface area contributed by atoms with Crippen molar-refractivity contribution in [2.45, 2.75) is 44.9 Å². The Morgan fingerprint density at radius 2 is 1.79 bits per heavy atom. The lowest BCUT2D eigenvalue weighted by Gasteiger charge is -2.34. The van der Waals surface area contributed by atoms with Crippen molar-refractivity contribution in [1.29, 1.82) is 0 Å². The molecular weight excluding hydrogens is 458 g/mol. The third kappa shape index (κ3) is 5.19. The predicted octanol–water partition coefficient (Wildman–Crippen LogP) is 2.38. The van der Waals surface area contributed by atoms with E-state index in [9.17, 15) is 18.0 Å².